The summed E-state index contributed by atoms with van der Waals surface area (Å²) in [5.41, 5.74) is 0.0710. The standard InChI is InChI=1S/C13H18N2O3/c1-18-11-9-14-10(8-15-11)7-13(12(16)17)5-3-2-4-6-13/h8-9H,2-7H2,1H3,(H,16,17). The summed E-state index contributed by atoms with van der Waals surface area (Å²) in [4.78, 5) is 19.8. The van der Waals surface area contributed by atoms with Gasteiger partial charge >= 0.3 is 5.97 Å². The second kappa shape index (κ2) is 5.33. The molecule has 1 N–H and O–H groups in total. The Hall–Kier alpha value is -1.65. The maximum atomic E-state index is 11.5. The number of ether oxygens (including phenoxy) is 1. The van der Waals surface area contributed by atoms with Crippen LogP contribution >= 0.6 is 0 Å². The molecule has 0 saturated heterocycles. The molecular formula is C13H18N2O3. The number of rotatable bonds is 4. The number of hydrogen-bond acceptors (Lipinski definition) is 4. The molecule has 1 saturated carbocycles. The number of carboxylic acid groups (broad SMARTS) is 1. The molecule has 1 aromatic heterocycles. The number of aliphatic carboxylic acids is 1. The molecule has 0 aromatic carbocycles. The van der Waals surface area contributed by atoms with Crippen LogP contribution in [0.1, 0.15) is 37.8 Å². The van der Waals surface area contributed by atoms with Gasteiger partial charge in [0.05, 0.1) is 30.6 Å². The molecule has 98 valence electrons. The van der Waals surface area contributed by atoms with Crippen LogP contribution in [0, 0.1) is 5.41 Å². The molecule has 1 fully saturated rings. The van der Waals surface area contributed by atoms with Crippen LogP contribution in [0.2, 0.25) is 0 Å². The summed E-state index contributed by atoms with van der Waals surface area (Å²) < 4.78 is 4.94. The first-order valence-corrected chi connectivity index (χ1v) is 6.25. The fraction of sp³-hybridized carbons (Fsp3) is 0.615. The van der Waals surface area contributed by atoms with Gasteiger partial charge in [0.2, 0.25) is 5.88 Å². The van der Waals surface area contributed by atoms with E-state index >= 15 is 0 Å². The summed E-state index contributed by atoms with van der Waals surface area (Å²) in [6.45, 7) is 0. The van der Waals surface area contributed by atoms with Crippen LogP contribution in [0.3, 0.4) is 0 Å². The zero-order valence-corrected chi connectivity index (χ0v) is 10.6. The van der Waals surface area contributed by atoms with E-state index < -0.39 is 11.4 Å². The largest absolute Gasteiger partial charge is 0.481 e. The third-order valence-corrected chi connectivity index (χ3v) is 3.67. The lowest BCUT2D eigenvalue weighted by Crippen LogP contribution is -2.35. The molecule has 0 unspecified atom stereocenters. The van der Waals surface area contributed by atoms with Crippen LogP contribution < -0.4 is 4.74 Å². The molecule has 5 heteroatoms. The Labute approximate surface area is 106 Å². The third kappa shape index (κ3) is 2.60. The molecule has 0 atom stereocenters. The van der Waals surface area contributed by atoms with Crippen molar-refractivity contribution in [3.63, 3.8) is 0 Å². The Morgan fingerprint density at radius 1 is 1.33 bits per heavy atom. The van der Waals surface area contributed by atoms with Crippen molar-refractivity contribution in [2.24, 2.45) is 5.41 Å². The van der Waals surface area contributed by atoms with Crippen molar-refractivity contribution in [2.45, 2.75) is 38.5 Å². The Kier molecular flexibility index (Phi) is 3.79. The Bertz CT molecular complexity index is 411. The summed E-state index contributed by atoms with van der Waals surface area (Å²) in [7, 11) is 1.53. The van der Waals surface area contributed by atoms with E-state index in [-0.39, 0.29) is 0 Å². The van der Waals surface area contributed by atoms with Gasteiger partial charge in [0.25, 0.3) is 0 Å². The topological polar surface area (TPSA) is 72.3 Å². The van der Waals surface area contributed by atoms with Crippen molar-refractivity contribution in [1.82, 2.24) is 9.97 Å². The first-order valence-electron chi connectivity index (χ1n) is 6.25. The van der Waals surface area contributed by atoms with Crippen molar-refractivity contribution in [2.75, 3.05) is 7.11 Å². The van der Waals surface area contributed by atoms with Gasteiger partial charge in [-0.2, -0.15) is 0 Å². The zero-order valence-electron chi connectivity index (χ0n) is 10.6. The minimum absolute atomic E-state index is 0.451. The average molecular weight is 250 g/mol. The molecule has 1 aliphatic carbocycles. The molecule has 1 aromatic rings. The number of carbonyl (C=O) groups is 1. The zero-order chi connectivity index (χ0) is 13.0. The predicted octanol–water partition coefficient (Wildman–Crippen LogP) is 2.06. The number of nitrogens with zero attached hydrogens (tertiary/aromatic N) is 2. The lowest BCUT2D eigenvalue weighted by molar-refractivity contribution is -0.151. The van der Waals surface area contributed by atoms with Crippen molar-refractivity contribution < 1.29 is 14.6 Å². The van der Waals surface area contributed by atoms with E-state index in [0.29, 0.717) is 12.3 Å². The average Bonchev–Trinajstić information content (AvgIpc) is 2.40. The number of carboxylic acids is 1. The fourth-order valence-corrected chi connectivity index (χ4v) is 2.58. The lowest BCUT2D eigenvalue weighted by Gasteiger charge is -2.32. The molecule has 1 aliphatic rings. The molecule has 0 radical (unpaired) electrons. The van der Waals surface area contributed by atoms with E-state index in [0.717, 1.165) is 37.8 Å². The van der Waals surface area contributed by atoms with Gasteiger partial charge in [0, 0.05) is 6.42 Å². The molecule has 2 rings (SSSR count). The van der Waals surface area contributed by atoms with E-state index in [9.17, 15) is 9.90 Å². The minimum atomic E-state index is -0.709. The molecule has 0 amide bonds. The molecule has 0 spiro atoms. The SMILES string of the molecule is COc1cnc(CC2(C(=O)O)CCCCC2)cn1. The maximum absolute atomic E-state index is 11.5. The van der Waals surface area contributed by atoms with Gasteiger partial charge in [0.15, 0.2) is 0 Å². The molecule has 18 heavy (non-hydrogen) atoms. The van der Waals surface area contributed by atoms with E-state index in [1.807, 2.05) is 0 Å². The van der Waals surface area contributed by atoms with Crippen LogP contribution in [0.4, 0.5) is 0 Å². The van der Waals surface area contributed by atoms with Gasteiger partial charge in [-0.15, -0.1) is 0 Å². The van der Waals surface area contributed by atoms with Gasteiger partial charge in [-0.25, -0.2) is 4.98 Å². The van der Waals surface area contributed by atoms with Crippen molar-refractivity contribution >= 4 is 5.97 Å². The number of methoxy groups -OCH3 is 1. The quantitative estimate of drug-likeness (QED) is 0.885. The summed E-state index contributed by atoms with van der Waals surface area (Å²) in [6, 6.07) is 0. The van der Waals surface area contributed by atoms with Crippen LogP contribution in [0.25, 0.3) is 0 Å². The highest BCUT2D eigenvalue weighted by molar-refractivity contribution is 5.75. The van der Waals surface area contributed by atoms with Crippen LogP contribution in [0.5, 0.6) is 5.88 Å². The van der Waals surface area contributed by atoms with E-state index in [1.54, 1.807) is 6.20 Å². The first kappa shape index (κ1) is 12.8. The normalized spacial score (nSPS) is 18.3. The van der Waals surface area contributed by atoms with Gasteiger partial charge in [-0.1, -0.05) is 19.3 Å². The van der Waals surface area contributed by atoms with Crippen molar-refractivity contribution in [3.8, 4) is 5.88 Å². The summed E-state index contributed by atoms with van der Waals surface area (Å²) in [6.07, 6.45) is 8.16. The second-order valence-electron chi connectivity index (χ2n) is 4.87. The van der Waals surface area contributed by atoms with E-state index in [2.05, 4.69) is 9.97 Å². The minimum Gasteiger partial charge on any atom is -0.481 e. The van der Waals surface area contributed by atoms with Crippen LogP contribution in [-0.2, 0) is 11.2 Å². The Morgan fingerprint density at radius 3 is 2.56 bits per heavy atom. The third-order valence-electron chi connectivity index (χ3n) is 3.67. The highest BCUT2D eigenvalue weighted by atomic mass is 16.5. The molecule has 0 aliphatic heterocycles. The van der Waals surface area contributed by atoms with E-state index in [4.69, 9.17) is 4.74 Å². The monoisotopic (exact) mass is 250 g/mol. The number of aromatic nitrogens is 2. The highest BCUT2D eigenvalue weighted by Gasteiger charge is 2.40. The fourth-order valence-electron chi connectivity index (χ4n) is 2.58. The summed E-state index contributed by atoms with van der Waals surface area (Å²) >= 11 is 0. The lowest BCUT2D eigenvalue weighted by atomic mass is 9.71. The number of hydrogen-bond donors (Lipinski definition) is 1. The highest BCUT2D eigenvalue weighted by Crippen LogP contribution is 2.39. The van der Waals surface area contributed by atoms with Gasteiger partial charge < -0.3 is 9.84 Å². The first-order chi connectivity index (χ1) is 8.66. The van der Waals surface area contributed by atoms with Crippen LogP contribution in [0.15, 0.2) is 12.4 Å². The molecule has 5 nitrogen and oxygen atoms in total. The van der Waals surface area contributed by atoms with Crippen molar-refractivity contribution in [1.29, 1.82) is 0 Å². The van der Waals surface area contributed by atoms with Crippen LogP contribution in [-0.4, -0.2) is 28.2 Å². The van der Waals surface area contributed by atoms with Gasteiger partial charge in [-0.05, 0) is 12.8 Å². The molecular weight excluding hydrogens is 232 g/mol. The maximum Gasteiger partial charge on any atom is 0.310 e. The molecule has 1 heterocycles. The summed E-state index contributed by atoms with van der Waals surface area (Å²) in [5.74, 6) is -0.258. The predicted molar refractivity (Wildman–Crippen MR) is 65.4 cm³/mol. The van der Waals surface area contributed by atoms with E-state index in [1.165, 1.54) is 13.3 Å². The second-order valence-corrected chi connectivity index (χ2v) is 4.87. The summed E-state index contributed by atoms with van der Waals surface area (Å²) in [5, 5.41) is 9.48. The Morgan fingerprint density at radius 2 is 2.06 bits per heavy atom. The molecule has 0 bridgehead atoms. The Balaban J connectivity index is 2.15. The van der Waals surface area contributed by atoms with Crippen molar-refractivity contribution in [3.05, 3.63) is 18.1 Å². The smallest absolute Gasteiger partial charge is 0.310 e. The van der Waals surface area contributed by atoms with Gasteiger partial charge in [-0.3, -0.25) is 9.78 Å². The van der Waals surface area contributed by atoms with Gasteiger partial charge in [0.1, 0.15) is 0 Å².